The average molecular weight is 247 g/mol. The van der Waals surface area contributed by atoms with Gasteiger partial charge in [-0.25, -0.2) is 0 Å². The third kappa shape index (κ3) is 2.84. The van der Waals surface area contributed by atoms with E-state index < -0.39 is 6.10 Å². The predicted molar refractivity (Wildman–Crippen MR) is 71.8 cm³/mol. The molecule has 2 rings (SSSR count). The second kappa shape index (κ2) is 5.42. The van der Waals surface area contributed by atoms with Crippen molar-refractivity contribution < 1.29 is 9.53 Å². The van der Waals surface area contributed by atoms with E-state index in [4.69, 9.17) is 4.74 Å². The lowest BCUT2D eigenvalue weighted by atomic mass is 10.1. The SMILES string of the molecule is Cc1ccc(O[C@H](C)C(=O)N2CCCC2)cc1C. The highest BCUT2D eigenvalue weighted by molar-refractivity contribution is 5.81. The van der Waals surface area contributed by atoms with Crippen molar-refractivity contribution in [3.8, 4) is 5.75 Å². The van der Waals surface area contributed by atoms with Gasteiger partial charge in [-0.15, -0.1) is 0 Å². The van der Waals surface area contributed by atoms with Crippen LogP contribution < -0.4 is 4.74 Å². The van der Waals surface area contributed by atoms with Crippen LogP contribution in [-0.2, 0) is 4.79 Å². The van der Waals surface area contributed by atoms with Crippen LogP contribution in [0, 0.1) is 13.8 Å². The fourth-order valence-corrected chi connectivity index (χ4v) is 2.24. The van der Waals surface area contributed by atoms with E-state index in [1.165, 1.54) is 11.1 Å². The van der Waals surface area contributed by atoms with Gasteiger partial charge in [-0.05, 0) is 56.9 Å². The number of hydrogen-bond acceptors (Lipinski definition) is 2. The van der Waals surface area contributed by atoms with E-state index >= 15 is 0 Å². The molecule has 0 unspecified atom stereocenters. The molecule has 0 N–H and O–H groups in total. The number of likely N-dealkylation sites (tertiary alicyclic amines) is 1. The summed E-state index contributed by atoms with van der Waals surface area (Å²) in [4.78, 5) is 14.0. The number of ether oxygens (including phenoxy) is 1. The van der Waals surface area contributed by atoms with Gasteiger partial charge < -0.3 is 9.64 Å². The Kier molecular flexibility index (Phi) is 3.90. The first-order chi connectivity index (χ1) is 8.58. The Morgan fingerprint density at radius 3 is 2.50 bits per heavy atom. The fraction of sp³-hybridized carbons (Fsp3) is 0.533. The van der Waals surface area contributed by atoms with Crippen molar-refractivity contribution in [3.05, 3.63) is 29.3 Å². The second-order valence-corrected chi connectivity index (χ2v) is 5.04. The summed E-state index contributed by atoms with van der Waals surface area (Å²) in [5, 5.41) is 0. The summed E-state index contributed by atoms with van der Waals surface area (Å²) in [6.07, 6.45) is 1.83. The lowest BCUT2D eigenvalue weighted by Gasteiger charge is -2.21. The second-order valence-electron chi connectivity index (χ2n) is 5.04. The van der Waals surface area contributed by atoms with Crippen LogP contribution in [-0.4, -0.2) is 30.0 Å². The van der Waals surface area contributed by atoms with Crippen molar-refractivity contribution in [2.75, 3.05) is 13.1 Å². The number of hydrogen-bond donors (Lipinski definition) is 0. The molecular weight excluding hydrogens is 226 g/mol. The first kappa shape index (κ1) is 12.9. The molecule has 1 atom stereocenters. The first-order valence-corrected chi connectivity index (χ1v) is 6.60. The van der Waals surface area contributed by atoms with Crippen LogP contribution in [0.25, 0.3) is 0 Å². The Bertz CT molecular complexity index is 436. The third-order valence-electron chi connectivity index (χ3n) is 3.56. The number of carbonyl (C=O) groups is 1. The molecule has 0 radical (unpaired) electrons. The maximum absolute atomic E-state index is 12.1. The number of nitrogens with zero attached hydrogens (tertiary/aromatic N) is 1. The molecule has 1 aromatic rings. The molecule has 18 heavy (non-hydrogen) atoms. The summed E-state index contributed by atoms with van der Waals surface area (Å²) in [6, 6.07) is 5.94. The van der Waals surface area contributed by atoms with Crippen LogP contribution in [0.4, 0.5) is 0 Å². The Morgan fingerprint density at radius 1 is 1.22 bits per heavy atom. The van der Waals surface area contributed by atoms with Crippen LogP contribution in [0.1, 0.15) is 30.9 Å². The Hall–Kier alpha value is -1.51. The van der Waals surface area contributed by atoms with E-state index in [0.29, 0.717) is 0 Å². The zero-order chi connectivity index (χ0) is 13.1. The van der Waals surface area contributed by atoms with Gasteiger partial charge in [0, 0.05) is 13.1 Å². The van der Waals surface area contributed by atoms with Gasteiger partial charge in [-0.2, -0.15) is 0 Å². The molecule has 1 amide bonds. The molecule has 1 aliphatic heterocycles. The molecule has 3 heteroatoms. The lowest BCUT2D eigenvalue weighted by Crippen LogP contribution is -2.38. The van der Waals surface area contributed by atoms with Crippen LogP contribution in [0.15, 0.2) is 18.2 Å². The molecule has 98 valence electrons. The molecule has 0 aliphatic carbocycles. The predicted octanol–water partition coefficient (Wildman–Crippen LogP) is 2.69. The van der Waals surface area contributed by atoms with E-state index in [9.17, 15) is 4.79 Å². The molecule has 1 saturated heterocycles. The summed E-state index contributed by atoms with van der Waals surface area (Å²) in [5.74, 6) is 0.879. The van der Waals surface area contributed by atoms with E-state index in [0.717, 1.165) is 31.7 Å². The van der Waals surface area contributed by atoms with E-state index in [1.807, 2.05) is 30.0 Å². The Balaban J connectivity index is 1.99. The molecule has 1 fully saturated rings. The van der Waals surface area contributed by atoms with E-state index in [1.54, 1.807) is 0 Å². The molecule has 0 saturated carbocycles. The number of rotatable bonds is 3. The van der Waals surface area contributed by atoms with Gasteiger partial charge in [0.25, 0.3) is 5.91 Å². The standard InChI is InChI=1S/C15H21NO2/c1-11-6-7-14(10-12(11)2)18-13(3)15(17)16-8-4-5-9-16/h6-7,10,13H,4-5,8-9H2,1-3H3/t13-/m1/s1. The molecule has 0 spiro atoms. The largest absolute Gasteiger partial charge is 0.481 e. The molecule has 0 bridgehead atoms. The summed E-state index contributed by atoms with van der Waals surface area (Å²) in [7, 11) is 0. The third-order valence-corrected chi connectivity index (χ3v) is 3.56. The van der Waals surface area contributed by atoms with Crippen molar-refractivity contribution in [2.24, 2.45) is 0 Å². The summed E-state index contributed by atoms with van der Waals surface area (Å²) >= 11 is 0. The quantitative estimate of drug-likeness (QED) is 0.822. The van der Waals surface area contributed by atoms with Crippen LogP contribution in [0.2, 0.25) is 0 Å². The van der Waals surface area contributed by atoms with Crippen molar-refractivity contribution >= 4 is 5.91 Å². The summed E-state index contributed by atoms with van der Waals surface area (Å²) in [5.41, 5.74) is 2.43. The highest BCUT2D eigenvalue weighted by Crippen LogP contribution is 2.19. The zero-order valence-electron chi connectivity index (χ0n) is 11.4. The number of carbonyl (C=O) groups excluding carboxylic acids is 1. The van der Waals surface area contributed by atoms with Gasteiger partial charge in [0.1, 0.15) is 5.75 Å². The van der Waals surface area contributed by atoms with Crippen LogP contribution in [0.3, 0.4) is 0 Å². The Morgan fingerprint density at radius 2 is 1.89 bits per heavy atom. The van der Waals surface area contributed by atoms with E-state index in [-0.39, 0.29) is 5.91 Å². The van der Waals surface area contributed by atoms with Crippen LogP contribution >= 0.6 is 0 Å². The van der Waals surface area contributed by atoms with Crippen molar-refractivity contribution in [2.45, 2.75) is 39.7 Å². The van der Waals surface area contributed by atoms with Crippen molar-refractivity contribution in [1.29, 1.82) is 0 Å². The van der Waals surface area contributed by atoms with Gasteiger partial charge in [0.15, 0.2) is 6.10 Å². The number of aryl methyl sites for hydroxylation is 2. The van der Waals surface area contributed by atoms with E-state index in [2.05, 4.69) is 13.8 Å². The van der Waals surface area contributed by atoms with Crippen LogP contribution in [0.5, 0.6) is 5.75 Å². The number of amides is 1. The smallest absolute Gasteiger partial charge is 0.263 e. The highest BCUT2D eigenvalue weighted by Gasteiger charge is 2.24. The Labute approximate surface area is 109 Å². The molecule has 0 aromatic heterocycles. The minimum atomic E-state index is -0.398. The maximum atomic E-state index is 12.1. The first-order valence-electron chi connectivity index (χ1n) is 6.60. The summed E-state index contributed by atoms with van der Waals surface area (Å²) in [6.45, 7) is 7.70. The maximum Gasteiger partial charge on any atom is 0.263 e. The lowest BCUT2D eigenvalue weighted by molar-refractivity contribution is -0.136. The monoisotopic (exact) mass is 247 g/mol. The minimum absolute atomic E-state index is 0.103. The van der Waals surface area contributed by atoms with Gasteiger partial charge in [-0.3, -0.25) is 4.79 Å². The molecule has 3 nitrogen and oxygen atoms in total. The van der Waals surface area contributed by atoms with Gasteiger partial charge >= 0.3 is 0 Å². The topological polar surface area (TPSA) is 29.5 Å². The normalized spacial score (nSPS) is 16.7. The highest BCUT2D eigenvalue weighted by atomic mass is 16.5. The van der Waals surface area contributed by atoms with Crippen molar-refractivity contribution in [1.82, 2.24) is 4.90 Å². The zero-order valence-corrected chi connectivity index (χ0v) is 11.4. The summed E-state index contributed by atoms with van der Waals surface area (Å²) < 4.78 is 5.73. The van der Waals surface area contributed by atoms with Gasteiger partial charge in [-0.1, -0.05) is 6.07 Å². The van der Waals surface area contributed by atoms with Crippen molar-refractivity contribution in [3.63, 3.8) is 0 Å². The van der Waals surface area contributed by atoms with Gasteiger partial charge in [0.05, 0.1) is 0 Å². The average Bonchev–Trinajstić information content (AvgIpc) is 2.86. The molecule has 1 aliphatic rings. The minimum Gasteiger partial charge on any atom is -0.481 e. The number of benzene rings is 1. The molecule has 1 aromatic carbocycles. The fourth-order valence-electron chi connectivity index (χ4n) is 2.24. The molecular formula is C15H21NO2. The molecule has 1 heterocycles. The van der Waals surface area contributed by atoms with Gasteiger partial charge in [0.2, 0.25) is 0 Å².